The summed E-state index contributed by atoms with van der Waals surface area (Å²) >= 11 is 0. The zero-order chi connectivity index (χ0) is 38.0. The van der Waals surface area contributed by atoms with Crippen molar-refractivity contribution in [1.82, 2.24) is 5.32 Å². The maximum Gasteiger partial charge on any atom is 0.189 e. The van der Waals surface area contributed by atoms with Crippen LogP contribution in [0.15, 0.2) is 46.5 Å². The van der Waals surface area contributed by atoms with Crippen molar-refractivity contribution in [3.05, 3.63) is 59.2 Å². The lowest BCUT2D eigenvalue weighted by Crippen LogP contribution is -2.34. The SMILES string of the molecule is CCCCC1CCC(N)CC1CCCCC1O[C-](CCc2ccc(O)c(OCC(O)[C+]3C=C4C(=N3)CCC3CCCC3C4CNCC(C)O)c2)C=C1CO. The summed E-state index contributed by atoms with van der Waals surface area (Å²) in [6.07, 6.45) is 22.7. The molecule has 3 fully saturated rings. The van der Waals surface area contributed by atoms with Gasteiger partial charge in [-0.15, -0.1) is 4.99 Å². The van der Waals surface area contributed by atoms with Crippen LogP contribution in [0.2, 0.25) is 0 Å². The Morgan fingerprint density at radius 3 is 2.72 bits per heavy atom. The van der Waals surface area contributed by atoms with Crippen LogP contribution in [-0.4, -0.2) is 76.8 Å². The van der Waals surface area contributed by atoms with Crippen molar-refractivity contribution in [3.63, 3.8) is 0 Å². The number of aliphatic hydroxyl groups is 3. The highest BCUT2D eigenvalue weighted by Crippen LogP contribution is 2.47. The van der Waals surface area contributed by atoms with Crippen molar-refractivity contribution >= 4 is 5.71 Å². The number of nitrogens with one attached hydrogen (secondary N) is 1. The van der Waals surface area contributed by atoms with Gasteiger partial charge in [-0.05, 0) is 93.2 Å². The lowest BCUT2D eigenvalue weighted by Gasteiger charge is -2.35. The Balaban J connectivity index is 0.966. The molecule has 2 aliphatic heterocycles. The zero-order valence-corrected chi connectivity index (χ0v) is 33.1. The third-order valence-electron chi connectivity index (χ3n) is 13.1. The van der Waals surface area contributed by atoms with E-state index in [1.165, 1.54) is 69.8 Å². The highest BCUT2D eigenvalue weighted by atomic mass is 16.5. The number of ether oxygens (including phenoxy) is 2. The van der Waals surface area contributed by atoms with Crippen LogP contribution in [-0.2, 0) is 11.2 Å². The lowest BCUT2D eigenvalue weighted by molar-refractivity contribution is 0.101. The Morgan fingerprint density at radius 1 is 1.07 bits per heavy atom. The molecule has 0 spiro atoms. The summed E-state index contributed by atoms with van der Waals surface area (Å²) in [6, 6.07) is 6.36. The van der Waals surface area contributed by atoms with Gasteiger partial charge in [-0.3, -0.25) is 0 Å². The summed E-state index contributed by atoms with van der Waals surface area (Å²) in [4.78, 5) is 4.92. The highest BCUT2D eigenvalue weighted by Gasteiger charge is 2.47. The number of fused-ring (bicyclic) bond motifs is 2. The van der Waals surface area contributed by atoms with Gasteiger partial charge in [-0.2, -0.15) is 11.6 Å². The van der Waals surface area contributed by atoms with E-state index in [4.69, 9.17) is 20.2 Å². The number of hydrogen-bond donors (Lipinski definition) is 6. The van der Waals surface area contributed by atoms with E-state index in [1.54, 1.807) is 13.0 Å². The normalized spacial score (nSPS) is 29.3. The molecule has 300 valence electrons. The van der Waals surface area contributed by atoms with E-state index in [0.717, 1.165) is 73.4 Å². The summed E-state index contributed by atoms with van der Waals surface area (Å²) in [6.45, 7) is 5.44. The third-order valence-corrected chi connectivity index (χ3v) is 13.1. The smallest absolute Gasteiger partial charge is 0.189 e. The van der Waals surface area contributed by atoms with Crippen LogP contribution in [0.1, 0.15) is 122 Å². The van der Waals surface area contributed by atoms with Crippen molar-refractivity contribution < 1.29 is 29.9 Å². The molecule has 54 heavy (non-hydrogen) atoms. The highest BCUT2D eigenvalue weighted by molar-refractivity contribution is 6.04. The van der Waals surface area contributed by atoms with Crippen LogP contribution in [0.25, 0.3) is 0 Å². The Hall–Kier alpha value is -2.53. The quantitative estimate of drug-likeness (QED) is 0.0610. The molecule has 9 unspecified atom stereocenters. The number of phenolic OH excluding ortho intramolecular Hbond substituents is 1. The topological polar surface area (TPSA) is 150 Å². The predicted molar refractivity (Wildman–Crippen MR) is 215 cm³/mol. The van der Waals surface area contributed by atoms with Crippen LogP contribution in [0.3, 0.4) is 0 Å². The molecular formula is C45H69N3O6. The van der Waals surface area contributed by atoms with Crippen LogP contribution >= 0.6 is 0 Å². The summed E-state index contributed by atoms with van der Waals surface area (Å²) in [7, 11) is 0. The molecule has 5 aliphatic rings. The van der Waals surface area contributed by atoms with Gasteiger partial charge in [0.25, 0.3) is 0 Å². The average Bonchev–Trinajstić information content (AvgIpc) is 3.90. The lowest BCUT2D eigenvalue weighted by atomic mass is 9.73. The monoisotopic (exact) mass is 748 g/mol. The van der Waals surface area contributed by atoms with Crippen LogP contribution in [0.5, 0.6) is 11.5 Å². The molecule has 1 aromatic carbocycles. The Kier molecular flexibility index (Phi) is 15.3. The number of unbranched alkanes of at least 4 members (excludes halogenated alkanes) is 2. The van der Waals surface area contributed by atoms with E-state index < -0.39 is 12.2 Å². The zero-order valence-electron chi connectivity index (χ0n) is 33.1. The predicted octanol–water partition coefficient (Wildman–Crippen LogP) is 7.12. The first-order valence-corrected chi connectivity index (χ1v) is 21.5. The second-order valence-corrected chi connectivity index (χ2v) is 17.2. The minimum Gasteiger partial charge on any atom is -0.504 e. The van der Waals surface area contributed by atoms with E-state index in [1.807, 2.05) is 18.2 Å². The third kappa shape index (κ3) is 10.9. The molecule has 9 atom stereocenters. The molecule has 9 heteroatoms. The number of aliphatic imine (C=N–C) groups is 1. The van der Waals surface area contributed by atoms with Crippen LogP contribution in [0.4, 0.5) is 0 Å². The fourth-order valence-corrected chi connectivity index (χ4v) is 10.2. The van der Waals surface area contributed by atoms with Gasteiger partial charge in [0.2, 0.25) is 0 Å². The van der Waals surface area contributed by atoms with E-state index in [-0.39, 0.29) is 25.1 Å². The van der Waals surface area contributed by atoms with E-state index >= 15 is 0 Å². The molecule has 7 N–H and O–H groups in total. The number of benzene rings is 1. The molecular weight excluding hydrogens is 679 g/mol. The van der Waals surface area contributed by atoms with Crippen LogP contribution in [0, 0.1) is 41.7 Å². The van der Waals surface area contributed by atoms with Gasteiger partial charge in [0.1, 0.15) is 12.2 Å². The van der Waals surface area contributed by atoms with Crippen molar-refractivity contribution in [2.75, 3.05) is 26.3 Å². The van der Waals surface area contributed by atoms with Gasteiger partial charge in [0.15, 0.2) is 29.4 Å². The fourth-order valence-electron chi connectivity index (χ4n) is 10.2. The second kappa shape index (κ2) is 20.1. The molecule has 0 saturated heterocycles. The van der Waals surface area contributed by atoms with Crippen LogP contribution < -0.4 is 15.8 Å². The molecule has 1 aromatic rings. The molecule has 3 aliphatic carbocycles. The number of hydrogen-bond acceptors (Lipinski definition) is 9. The van der Waals surface area contributed by atoms with Gasteiger partial charge in [0, 0.05) is 38.3 Å². The van der Waals surface area contributed by atoms with Gasteiger partial charge < -0.3 is 41.0 Å². The summed E-state index contributed by atoms with van der Waals surface area (Å²) in [5, 5.41) is 45.3. The fraction of sp³-hybridized carbons (Fsp3) is 0.711. The maximum absolute atomic E-state index is 11.2. The van der Waals surface area contributed by atoms with Crippen molar-refractivity contribution in [3.8, 4) is 11.5 Å². The standard InChI is InChI=1S/C45H69N3O6/c1-3-4-8-31-15-17-35(46)22-33(31)9-5-6-12-44-34(27-49)23-36(54-44)18-13-30-14-20-42(51)45(21-30)53-28-43(52)41-24-38-39(26-47-25-29(2)50)37-11-7-10-32(37)16-19-40(38)48-41/h14,20-21,23-24,29,31-33,35,37,39,43-44,47,49-52H,3-13,15-19,22,25-28,46H2,1-2H3. The Morgan fingerprint density at radius 2 is 1.91 bits per heavy atom. The molecule has 0 amide bonds. The Bertz CT molecular complexity index is 1430. The number of nitrogens with zero attached hydrogens (tertiary/aromatic N) is 1. The first kappa shape index (κ1) is 41.1. The number of rotatable bonds is 20. The molecule has 0 aromatic heterocycles. The molecule has 2 heterocycles. The van der Waals surface area contributed by atoms with Gasteiger partial charge in [0.05, 0.1) is 18.1 Å². The largest absolute Gasteiger partial charge is 0.504 e. The first-order chi connectivity index (χ1) is 26.2. The summed E-state index contributed by atoms with van der Waals surface area (Å²) in [5.74, 6) is 3.57. The minimum atomic E-state index is -0.922. The molecule has 0 radical (unpaired) electrons. The van der Waals surface area contributed by atoms with Gasteiger partial charge in [-0.25, -0.2) is 0 Å². The minimum absolute atomic E-state index is 0.00707. The van der Waals surface area contributed by atoms with E-state index in [0.29, 0.717) is 55.0 Å². The first-order valence-electron chi connectivity index (χ1n) is 21.5. The Labute approximate surface area is 324 Å². The number of phenols is 1. The summed E-state index contributed by atoms with van der Waals surface area (Å²) < 4.78 is 12.4. The molecule has 9 nitrogen and oxygen atoms in total. The number of aliphatic hydroxyl groups excluding tert-OH is 3. The summed E-state index contributed by atoms with van der Waals surface area (Å²) in [5.41, 5.74) is 10.6. The van der Waals surface area contributed by atoms with E-state index in [2.05, 4.69) is 18.3 Å². The van der Waals surface area contributed by atoms with Crippen molar-refractivity contribution in [2.45, 2.75) is 147 Å². The molecule has 3 saturated carbocycles. The number of aromatic hydroxyl groups is 1. The van der Waals surface area contributed by atoms with Gasteiger partial charge in [-0.1, -0.05) is 76.9 Å². The van der Waals surface area contributed by atoms with E-state index in [9.17, 15) is 20.4 Å². The van der Waals surface area contributed by atoms with Gasteiger partial charge >= 0.3 is 0 Å². The molecule has 6 rings (SSSR count). The number of nitrogens with two attached hydrogens (primary N) is 1. The van der Waals surface area contributed by atoms with Crippen molar-refractivity contribution in [1.29, 1.82) is 0 Å². The number of aryl methyl sites for hydroxylation is 1. The van der Waals surface area contributed by atoms with Crippen molar-refractivity contribution in [2.24, 2.45) is 40.3 Å². The molecule has 0 bridgehead atoms. The average molecular weight is 748 g/mol. The maximum atomic E-state index is 11.2. The second-order valence-electron chi connectivity index (χ2n) is 17.2.